The predicted octanol–water partition coefficient (Wildman–Crippen LogP) is 2.61. The number of pyridine rings is 1. The molecule has 1 fully saturated rings. The van der Waals surface area contributed by atoms with Gasteiger partial charge in [0.2, 0.25) is 0 Å². The van der Waals surface area contributed by atoms with Gasteiger partial charge in [-0.2, -0.15) is 0 Å². The second kappa shape index (κ2) is 4.58. The van der Waals surface area contributed by atoms with Gasteiger partial charge in [0.15, 0.2) is 0 Å². The van der Waals surface area contributed by atoms with Gasteiger partial charge in [0.25, 0.3) is 0 Å². The number of rotatable bonds is 4. The molecule has 0 aromatic carbocycles. The first-order valence-corrected chi connectivity index (χ1v) is 7.05. The lowest BCUT2D eigenvalue weighted by Gasteiger charge is -2.23. The molecule has 0 N–H and O–H groups in total. The van der Waals surface area contributed by atoms with Crippen molar-refractivity contribution in [3.63, 3.8) is 0 Å². The molecule has 2 aromatic heterocycles. The molecule has 0 bridgehead atoms. The van der Waals surface area contributed by atoms with Crippen molar-refractivity contribution in [1.29, 1.82) is 0 Å². The Balaban J connectivity index is 2.15. The molecule has 0 radical (unpaired) electrons. The summed E-state index contributed by atoms with van der Waals surface area (Å²) in [4.78, 5) is 21.0. The maximum Gasteiger partial charge on any atom is 0.319 e. The molecule has 106 valence electrons. The summed E-state index contributed by atoms with van der Waals surface area (Å²) in [5, 5.41) is 0. The maximum atomic E-state index is 12.2. The van der Waals surface area contributed by atoms with Gasteiger partial charge in [0.05, 0.1) is 18.3 Å². The van der Waals surface area contributed by atoms with Crippen LogP contribution in [0.1, 0.15) is 45.5 Å². The van der Waals surface area contributed by atoms with Crippen molar-refractivity contribution in [2.45, 2.75) is 45.1 Å². The summed E-state index contributed by atoms with van der Waals surface area (Å²) in [6.45, 7) is 5.95. The molecule has 1 saturated carbocycles. The van der Waals surface area contributed by atoms with Gasteiger partial charge in [-0.05, 0) is 39.7 Å². The van der Waals surface area contributed by atoms with E-state index in [0.29, 0.717) is 12.6 Å². The van der Waals surface area contributed by atoms with Gasteiger partial charge in [-0.1, -0.05) is 0 Å². The van der Waals surface area contributed by atoms with Crippen LogP contribution in [-0.4, -0.2) is 27.1 Å². The number of hydrogen-bond donors (Lipinski definition) is 0. The Kier molecular flexibility index (Phi) is 3.00. The molecule has 2 aromatic rings. The standard InChI is InChI=1S/C15H19N3O2/c1-4-20-14(19)15(2,3)13-17-11-9-16-8-7-12(11)18(13)10-5-6-10/h7-10H,4-6H2,1-3H3. The predicted molar refractivity (Wildman–Crippen MR) is 75.5 cm³/mol. The van der Waals surface area contributed by atoms with Crippen LogP contribution in [0.15, 0.2) is 18.5 Å². The highest BCUT2D eigenvalue weighted by Crippen LogP contribution is 2.41. The molecule has 5 nitrogen and oxygen atoms in total. The van der Waals surface area contributed by atoms with Crippen molar-refractivity contribution in [1.82, 2.24) is 14.5 Å². The van der Waals surface area contributed by atoms with Crippen LogP contribution in [0.2, 0.25) is 0 Å². The number of carbonyl (C=O) groups excluding carboxylic acids is 1. The smallest absolute Gasteiger partial charge is 0.319 e. The normalized spacial score (nSPS) is 15.6. The molecule has 0 spiro atoms. The Bertz CT molecular complexity index is 656. The van der Waals surface area contributed by atoms with Gasteiger partial charge in [0, 0.05) is 12.2 Å². The highest BCUT2D eigenvalue weighted by molar-refractivity contribution is 5.84. The first-order chi connectivity index (χ1) is 9.55. The van der Waals surface area contributed by atoms with E-state index in [1.165, 1.54) is 0 Å². The fourth-order valence-corrected chi connectivity index (χ4v) is 2.50. The Morgan fingerprint density at radius 3 is 2.90 bits per heavy atom. The largest absolute Gasteiger partial charge is 0.465 e. The molecular formula is C15H19N3O2. The number of imidazole rings is 1. The van der Waals surface area contributed by atoms with Crippen LogP contribution in [0.5, 0.6) is 0 Å². The average Bonchev–Trinajstić information content (AvgIpc) is 3.18. The topological polar surface area (TPSA) is 57.0 Å². The highest BCUT2D eigenvalue weighted by Gasteiger charge is 2.40. The van der Waals surface area contributed by atoms with Gasteiger partial charge in [-0.3, -0.25) is 9.78 Å². The Morgan fingerprint density at radius 1 is 1.50 bits per heavy atom. The minimum atomic E-state index is -0.752. The van der Waals surface area contributed by atoms with Crippen LogP contribution < -0.4 is 0 Å². The third-order valence-electron chi connectivity index (χ3n) is 3.75. The number of hydrogen-bond acceptors (Lipinski definition) is 4. The van der Waals surface area contributed by atoms with E-state index >= 15 is 0 Å². The Labute approximate surface area is 118 Å². The van der Waals surface area contributed by atoms with Crippen LogP contribution in [0.25, 0.3) is 11.0 Å². The van der Waals surface area contributed by atoms with E-state index in [-0.39, 0.29) is 5.97 Å². The van der Waals surface area contributed by atoms with Crippen LogP contribution in [0, 0.1) is 0 Å². The molecule has 0 atom stereocenters. The van der Waals surface area contributed by atoms with E-state index in [1.807, 2.05) is 26.8 Å². The minimum Gasteiger partial charge on any atom is -0.465 e. The molecule has 20 heavy (non-hydrogen) atoms. The van der Waals surface area contributed by atoms with Crippen LogP contribution in [0.3, 0.4) is 0 Å². The SMILES string of the molecule is CCOC(=O)C(C)(C)c1nc2cnccc2n1C1CC1. The lowest BCUT2D eigenvalue weighted by Crippen LogP contribution is -2.34. The molecule has 0 saturated heterocycles. The molecule has 0 amide bonds. The van der Waals surface area contributed by atoms with E-state index in [2.05, 4.69) is 14.5 Å². The molecule has 0 aliphatic heterocycles. The van der Waals surface area contributed by atoms with E-state index in [1.54, 1.807) is 12.4 Å². The van der Waals surface area contributed by atoms with Crippen LogP contribution >= 0.6 is 0 Å². The zero-order valence-corrected chi connectivity index (χ0v) is 12.1. The number of fused-ring (bicyclic) bond motifs is 1. The summed E-state index contributed by atoms with van der Waals surface area (Å²) in [7, 11) is 0. The van der Waals surface area contributed by atoms with E-state index in [0.717, 1.165) is 29.7 Å². The monoisotopic (exact) mass is 273 g/mol. The van der Waals surface area contributed by atoms with Crippen molar-refractivity contribution >= 4 is 17.0 Å². The zero-order valence-electron chi connectivity index (χ0n) is 12.1. The van der Waals surface area contributed by atoms with Gasteiger partial charge in [-0.25, -0.2) is 4.98 Å². The average molecular weight is 273 g/mol. The number of aromatic nitrogens is 3. The van der Waals surface area contributed by atoms with E-state index in [4.69, 9.17) is 4.74 Å². The van der Waals surface area contributed by atoms with Crippen LogP contribution in [-0.2, 0) is 14.9 Å². The van der Waals surface area contributed by atoms with Crippen molar-refractivity contribution in [3.05, 3.63) is 24.3 Å². The maximum absolute atomic E-state index is 12.2. The minimum absolute atomic E-state index is 0.231. The van der Waals surface area contributed by atoms with Gasteiger partial charge >= 0.3 is 5.97 Å². The van der Waals surface area contributed by atoms with Crippen molar-refractivity contribution in [2.75, 3.05) is 6.61 Å². The zero-order chi connectivity index (χ0) is 14.3. The number of esters is 1. The molecular weight excluding hydrogens is 254 g/mol. The Hall–Kier alpha value is -1.91. The van der Waals surface area contributed by atoms with E-state index < -0.39 is 5.41 Å². The number of nitrogens with zero attached hydrogens (tertiary/aromatic N) is 3. The molecule has 1 aliphatic carbocycles. The molecule has 0 unspecified atom stereocenters. The first kappa shape index (κ1) is 13.1. The summed E-state index contributed by atoms with van der Waals surface area (Å²) in [5.74, 6) is 0.548. The van der Waals surface area contributed by atoms with Crippen LogP contribution in [0.4, 0.5) is 0 Å². The fourth-order valence-electron chi connectivity index (χ4n) is 2.50. The quantitative estimate of drug-likeness (QED) is 0.803. The third kappa shape index (κ3) is 1.97. The third-order valence-corrected chi connectivity index (χ3v) is 3.75. The first-order valence-electron chi connectivity index (χ1n) is 7.05. The molecule has 3 rings (SSSR count). The fraction of sp³-hybridized carbons (Fsp3) is 0.533. The summed E-state index contributed by atoms with van der Waals surface area (Å²) in [6.07, 6.45) is 5.79. The van der Waals surface area contributed by atoms with Gasteiger partial charge in [-0.15, -0.1) is 0 Å². The summed E-state index contributed by atoms with van der Waals surface area (Å²) in [5.41, 5.74) is 1.14. The number of carbonyl (C=O) groups is 1. The molecule has 1 aliphatic rings. The van der Waals surface area contributed by atoms with Gasteiger partial charge < -0.3 is 9.30 Å². The van der Waals surface area contributed by atoms with Crippen molar-refractivity contribution in [2.24, 2.45) is 0 Å². The van der Waals surface area contributed by atoms with E-state index in [9.17, 15) is 4.79 Å². The highest BCUT2D eigenvalue weighted by atomic mass is 16.5. The molecule has 2 heterocycles. The van der Waals surface area contributed by atoms with Crippen molar-refractivity contribution < 1.29 is 9.53 Å². The lowest BCUT2D eigenvalue weighted by atomic mass is 9.92. The van der Waals surface area contributed by atoms with Gasteiger partial charge in [0.1, 0.15) is 16.8 Å². The molecule has 5 heteroatoms. The summed E-state index contributed by atoms with van der Waals surface area (Å²) < 4.78 is 7.39. The lowest BCUT2D eigenvalue weighted by molar-refractivity contribution is -0.149. The summed E-state index contributed by atoms with van der Waals surface area (Å²) in [6, 6.07) is 2.41. The van der Waals surface area contributed by atoms with Crippen molar-refractivity contribution in [3.8, 4) is 0 Å². The second-order valence-corrected chi connectivity index (χ2v) is 5.75. The number of ether oxygens (including phenoxy) is 1. The Morgan fingerprint density at radius 2 is 2.25 bits per heavy atom. The second-order valence-electron chi connectivity index (χ2n) is 5.75. The summed E-state index contributed by atoms with van der Waals surface area (Å²) >= 11 is 0.